The van der Waals surface area contributed by atoms with Gasteiger partial charge in [-0.05, 0) is 55.2 Å². The lowest BCUT2D eigenvalue weighted by atomic mass is 10.1. The first-order chi connectivity index (χ1) is 17.2. The summed E-state index contributed by atoms with van der Waals surface area (Å²) in [5.41, 5.74) is 4.33. The Bertz CT molecular complexity index is 1330. The van der Waals surface area contributed by atoms with Crippen molar-refractivity contribution in [1.29, 1.82) is 0 Å². The van der Waals surface area contributed by atoms with E-state index in [1.165, 1.54) is 5.56 Å². The van der Waals surface area contributed by atoms with Gasteiger partial charge in [-0.15, -0.1) is 0 Å². The molecular formula is C29H30ClN3O2. The molecule has 0 aliphatic carbocycles. The van der Waals surface area contributed by atoms with Crippen molar-refractivity contribution in [2.75, 3.05) is 18.1 Å². The maximum atomic E-state index is 13.1. The van der Waals surface area contributed by atoms with Crippen LogP contribution < -0.4 is 9.64 Å². The van der Waals surface area contributed by atoms with E-state index in [0.717, 1.165) is 54.1 Å². The minimum absolute atomic E-state index is 0.0687. The van der Waals surface area contributed by atoms with E-state index in [2.05, 4.69) is 41.8 Å². The standard InChI is InChI=1S/C29H30ClN3O2/c1-2-21-11-3-6-14-25(21)33-20-22(19-28(33)34)29-31-24-13-5-7-15-26(24)32(29)17-9-10-18-35-27-16-8-4-12-23(27)30/h3-8,11-16,22H,2,9-10,17-20H2,1H3. The summed E-state index contributed by atoms with van der Waals surface area (Å²) < 4.78 is 8.17. The molecule has 0 N–H and O–H groups in total. The third kappa shape index (κ3) is 4.92. The maximum Gasteiger partial charge on any atom is 0.227 e. The second kappa shape index (κ2) is 10.5. The van der Waals surface area contributed by atoms with Crippen molar-refractivity contribution in [3.05, 3.63) is 89.2 Å². The van der Waals surface area contributed by atoms with E-state index >= 15 is 0 Å². The predicted molar refractivity (Wildman–Crippen MR) is 141 cm³/mol. The Labute approximate surface area is 211 Å². The molecule has 6 heteroatoms. The summed E-state index contributed by atoms with van der Waals surface area (Å²) in [6.45, 7) is 4.23. The quantitative estimate of drug-likeness (QED) is 0.249. The first-order valence-corrected chi connectivity index (χ1v) is 12.7. The number of anilines is 1. The highest BCUT2D eigenvalue weighted by Gasteiger charge is 2.35. The predicted octanol–water partition coefficient (Wildman–Crippen LogP) is 6.63. The molecule has 5 rings (SSSR count). The van der Waals surface area contributed by atoms with Crippen LogP contribution in [0.25, 0.3) is 11.0 Å². The van der Waals surface area contributed by atoms with Crippen molar-refractivity contribution in [2.24, 2.45) is 0 Å². The Balaban J connectivity index is 1.31. The number of rotatable bonds is 9. The van der Waals surface area contributed by atoms with Crippen molar-refractivity contribution in [2.45, 2.75) is 45.1 Å². The van der Waals surface area contributed by atoms with Gasteiger partial charge in [-0.1, -0.05) is 61.0 Å². The normalized spacial score (nSPS) is 15.8. The second-order valence-electron chi connectivity index (χ2n) is 8.98. The van der Waals surface area contributed by atoms with Gasteiger partial charge in [0.15, 0.2) is 0 Å². The fourth-order valence-corrected chi connectivity index (χ4v) is 5.13. The van der Waals surface area contributed by atoms with Crippen LogP contribution >= 0.6 is 11.6 Å². The first kappa shape index (κ1) is 23.4. The summed E-state index contributed by atoms with van der Waals surface area (Å²) in [6, 6.07) is 24.0. The Morgan fingerprint density at radius 1 is 1.00 bits per heavy atom. The Morgan fingerprint density at radius 3 is 2.63 bits per heavy atom. The minimum Gasteiger partial charge on any atom is -0.492 e. The molecule has 1 unspecified atom stereocenters. The van der Waals surface area contributed by atoms with Gasteiger partial charge in [0.2, 0.25) is 5.91 Å². The lowest BCUT2D eigenvalue weighted by Gasteiger charge is -2.20. The molecule has 180 valence electrons. The van der Waals surface area contributed by atoms with Gasteiger partial charge in [0.25, 0.3) is 0 Å². The van der Waals surface area contributed by atoms with Crippen molar-refractivity contribution < 1.29 is 9.53 Å². The molecule has 1 atom stereocenters. The second-order valence-corrected chi connectivity index (χ2v) is 9.39. The highest BCUT2D eigenvalue weighted by Crippen LogP contribution is 2.35. The van der Waals surface area contributed by atoms with Crippen LogP contribution in [0, 0.1) is 0 Å². The number of unbranched alkanes of at least 4 members (excludes halogenated alkanes) is 1. The van der Waals surface area contributed by atoms with Crippen LogP contribution in [0.15, 0.2) is 72.8 Å². The monoisotopic (exact) mass is 487 g/mol. The highest BCUT2D eigenvalue weighted by molar-refractivity contribution is 6.32. The number of ether oxygens (including phenoxy) is 1. The molecule has 1 fully saturated rings. The van der Waals surface area contributed by atoms with Gasteiger partial charge in [-0.25, -0.2) is 4.98 Å². The average molecular weight is 488 g/mol. The minimum atomic E-state index is 0.0687. The molecule has 1 aromatic heterocycles. The third-order valence-electron chi connectivity index (χ3n) is 6.71. The van der Waals surface area contributed by atoms with Crippen molar-refractivity contribution >= 4 is 34.2 Å². The smallest absolute Gasteiger partial charge is 0.227 e. The maximum absolute atomic E-state index is 13.1. The number of hydrogen-bond donors (Lipinski definition) is 0. The summed E-state index contributed by atoms with van der Waals surface area (Å²) in [5.74, 6) is 1.96. The first-order valence-electron chi connectivity index (χ1n) is 12.4. The van der Waals surface area contributed by atoms with Gasteiger partial charge < -0.3 is 14.2 Å². The van der Waals surface area contributed by atoms with E-state index in [4.69, 9.17) is 21.3 Å². The molecule has 5 nitrogen and oxygen atoms in total. The number of hydrogen-bond acceptors (Lipinski definition) is 3. The molecular weight excluding hydrogens is 458 g/mol. The lowest BCUT2D eigenvalue weighted by molar-refractivity contribution is -0.117. The lowest BCUT2D eigenvalue weighted by Crippen LogP contribution is -2.25. The molecule has 4 aromatic rings. The Hall–Kier alpha value is -3.31. The molecule has 1 saturated heterocycles. The van der Waals surface area contributed by atoms with E-state index in [1.807, 2.05) is 47.4 Å². The SMILES string of the molecule is CCc1ccccc1N1CC(c2nc3ccccc3n2CCCCOc2ccccc2Cl)CC1=O. The summed E-state index contributed by atoms with van der Waals surface area (Å²) in [7, 11) is 0. The van der Waals surface area contributed by atoms with Gasteiger partial charge >= 0.3 is 0 Å². The van der Waals surface area contributed by atoms with Gasteiger partial charge in [0.1, 0.15) is 11.6 Å². The van der Waals surface area contributed by atoms with Crippen LogP contribution in [0.2, 0.25) is 5.02 Å². The van der Waals surface area contributed by atoms with Gasteiger partial charge in [0, 0.05) is 31.1 Å². The van der Waals surface area contributed by atoms with Crippen molar-refractivity contribution in [1.82, 2.24) is 9.55 Å². The van der Waals surface area contributed by atoms with Gasteiger partial charge in [0.05, 0.1) is 22.7 Å². The molecule has 35 heavy (non-hydrogen) atoms. The Kier molecular flexibility index (Phi) is 7.05. The zero-order valence-electron chi connectivity index (χ0n) is 20.0. The number of fused-ring (bicyclic) bond motifs is 1. The number of aromatic nitrogens is 2. The molecule has 1 aliphatic heterocycles. The van der Waals surface area contributed by atoms with E-state index in [9.17, 15) is 4.79 Å². The molecule has 0 radical (unpaired) electrons. The number of carbonyl (C=O) groups is 1. The van der Waals surface area contributed by atoms with Gasteiger partial charge in [-0.3, -0.25) is 4.79 Å². The van der Waals surface area contributed by atoms with E-state index in [1.54, 1.807) is 0 Å². The number of carbonyl (C=O) groups excluding carboxylic acids is 1. The van der Waals surface area contributed by atoms with Crippen LogP contribution in [0.1, 0.15) is 43.5 Å². The molecule has 2 heterocycles. The van der Waals surface area contributed by atoms with E-state index in [-0.39, 0.29) is 11.8 Å². The molecule has 0 bridgehead atoms. The van der Waals surface area contributed by atoms with Crippen LogP contribution in [0.5, 0.6) is 5.75 Å². The number of nitrogens with zero attached hydrogens (tertiary/aromatic N) is 3. The highest BCUT2D eigenvalue weighted by atomic mass is 35.5. The number of aryl methyl sites for hydroxylation is 2. The fourth-order valence-electron chi connectivity index (χ4n) is 4.94. The third-order valence-corrected chi connectivity index (χ3v) is 7.02. The van der Waals surface area contributed by atoms with Crippen LogP contribution in [-0.2, 0) is 17.8 Å². The fraction of sp³-hybridized carbons (Fsp3) is 0.310. The zero-order valence-corrected chi connectivity index (χ0v) is 20.7. The number of amides is 1. The largest absolute Gasteiger partial charge is 0.492 e. The van der Waals surface area contributed by atoms with E-state index < -0.39 is 0 Å². The number of halogens is 1. The topological polar surface area (TPSA) is 47.4 Å². The van der Waals surface area contributed by atoms with Crippen LogP contribution in [0.4, 0.5) is 5.69 Å². The molecule has 1 amide bonds. The van der Waals surface area contributed by atoms with Crippen LogP contribution in [-0.4, -0.2) is 28.6 Å². The number of para-hydroxylation sites is 4. The molecule has 0 saturated carbocycles. The van der Waals surface area contributed by atoms with Crippen molar-refractivity contribution in [3.8, 4) is 5.75 Å². The zero-order chi connectivity index (χ0) is 24.2. The summed E-state index contributed by atoms with van der Waals surface area (Å²) in [4.78, 5) is 20.0. The van der Waals surface area contributed by atoms with Crippen LogP contribution in [0.3, 0.4) is 0 Å². The molecule has 1 aliphatic rings. The molecule has 0 spiro atoms. The number of imidazole rings is 1. The van der Waals surface area contributed by atoms with Gasteiger partial charge in [-0.2, -0.15) is 0 Å². The summed E-state index contributed by atoms with van der Waals surface area (Å²) >= 11 is 6.20. The summed E-state index contributed by atoms with van der Waals surface area (Å²) in [5, 5.41) is 0.635. The average Bonchev–Trinajstić information content (AvgIpc) is 3.45. The number of benzene rings is 3. The summed E-state index contributed by atoms with van der Waals surface area (Å²) in [6.07, 6.45) is 3.23. The molecule has 3 aromatic carbocycles. The Morgan fingerprint density at radius 2 is 1.77 bits per heavy atom. The van der Waals surface area contributed by atoms with Crippen molar-refractivity contribution in [3.63, 3.8) is 0 Å². The van der Waals surface area contributed by atoms with E-state index in [0.29, 0.717) is 24.6 Å².